The van der Waals surface area contributed by atoms with Gasteiger partial charge in [-0.05, 0) is 33.3 Å². The van der Waals surface area contributed by atoms with Gasteiger partial charge in [0.2, 0.25) is 0 Å². The van der Waals surface area contributed by atoms with E-state index in [1.54, 1.807) is 17.2 Å². The molecule has 2 heterocycles. The lowest BCUT2D eigenvalue weighted by molar-refractivity contribution is 0.0213. The SMILES string of the molecule is CC[C@H]1CN(C(=O)OC(C)(C)C)CCN1c1ccc(=[N+]([O-])[O-])[nH]c1. The molecule has 0 unspecified atom stereocenters. The van der Waals surface area contributed by atoms with Crippen LogP contribution >= 0.6 is 0 Å². The summed E-state index contributed by atoms with van der Waals surface area (Å²) in [6.45, 7) is 9.40. The highest BCUT2D eigenvalue weighted by atomic mass is 16.8. The maximum atomic E-state index is 12.2. The van der Waals surface area contributed by atoms with Crippen molar-refractivity contribution in [3.05, 3.63) is 34.2 Å². The number of aromatic amines is 1. The molecule has 1 atom stereocenters. The first-order valence-corrected chi connectivity index (χ1v) is 8.12. The first-order valence-electron chi connectivity index (χ1n) is 8.12. The molecule has 1 N–H and O–H groups in total. The maximum absolute atomic E-state index is 12.2. The van der Waals surface area contributed by atoms with Crippen molar-refractivity contribution in [2.75, 3.05) is 24.5 Å². The quantitative estimate of drug-likeness (QED) is 0.827. The molecule has 8 nitrogen and oxygen atoms in total. The van der Waals surface area contributed by atoms with E-state index in [1.807, 2.05) is 20.8 Å². The number of amides is 1. The van der Waals surface area contributed by atoms with E-state index in [1.165, 1.54) is 6.07 Å². The van der Waals surface area contributed by atoms with E-state index in [0.29, 0.717) is 19.6 Å². The second kappa shape index (κ2) is 7.02. The van der Waals surface area contributed by atoms with Crippen LogP contribution in [0.4, 0.5) is 10.5 Å². The number of anilines is 1. The summed E-state index contributed by atoms with van der Waals surface area (Å²) in [5.74, 6) is 0. The summed E-state index contributed by atoms with van der Waals surface area (Å²) in [5, 5.41) is 21.5. The van der Waals surface area contributed by atoms with E-state index in [-0.39, 0.29) is 17.6 Å². The van der Waals surface area contributed by atoms with Crippen LogP contribution < -0.4 is 15.3 Å². The monoisotopic (exact) mass is 337 g/mol. The van der Waals surface area contributed by atoms with E-state index in [0.717, 1.165) is 12.1 Å². The fraction of sp³-hybridized carbons (Fsp3) is 0.625. The number of nitrogens with one attached hydrogen (secondary N) is 1. The Morgan fingerprint density at radius 2 is 2.08 bits per heavy atom. The van der Waals surface area contributed by atoms with E-state index in [4.69, 9.17) is 4.74 Å². The van der Waals surface area contributed by atoms with Crippen molar-refractivity contribution in [2.24, 2.45) is 0 Å². The number of H-pyrrole nitrogens is 1. The number of hydrogen-bond acceptors (Lipinski definition) is 5. The lowest BCUT2D eigenvalue weighted by Gasteiger charge is -2.42. The second-order valence-corrected chi connectivity index (χ2v) is 6.87. The molecule has 0 radical (unpaired) electrons. The molecule has 1 aromatic rings. The molecular weight excluding hydrogens is 312 g/mol. The van der Waals surface area contributed by atoms with Gasteiger partial charge >= 0.3 is 6.09 Å². The van der Waals surface area contributed by atoms with E-state index >= 15 is 0 Å². The molecule has 2 rings (SSSR count). The minimum Gasteiger partial charge on any atom is -0.712 e. The molecule has 0 spiro atoms. The summed E-state index contributed by atoms with van der Waals surface area (Å²) in [5.41, 5.74) is 0.332. The fourth-order valence-electron chi connectivity index (χ4n) is 2.74. The van der Waals surface area contributed by atoms with E-state index in [2.05, 4.69) is 16.8 Å². The molecule has 0 saturated carbocycles. The maximum Gasteiger partial charge on any atom is 0.410 e. The van der Waals surface area contributed by atoms with E-state index < -0.39 is 10.5 Å². The average Bonchev–Trinajstić information content (AvgIpc) is 2.52. The zero-order valence-electron chi connectivity index (χ0n) is 14.6. The normalized spacial score (nSPS) is 18.4. The number of carbonyl (C=O) groups excluding carboxylic acids is 1. The highest BCUT2D eigenvalue weighted by molar-refractivity contribution is 5.68. The summed E-state index contributed by atoms with van der Waals surface area (Å²) in [4.78, 5) is 18.4. The number of aromatic nitrogens is 1. The molecule has 1 aliphatic rings. The number of nitrogens with zero attached hydrogens (tertiary/aromatic N) is 3. The Bertz CT molecular complexity index is 626. The standard InChI is InChI=1S/C16H25N4O4/c1-5-12-11-18(15(21)24-16(2,3)4)8-9-19(12)13-6-7-14(17-10-13)20(22)23/h6-7,10,12,17H,5,8-9,11H2,1-4H3/q-1/t12-/m0/s1. The molecule has 0 aliphatic carbocycles. The van der Waals surface area contributed by atoms with Crippen molar-refractivity contribution in [3.8, 4) is 0 Å². The van der Waals surface area contributed by atoms with Gasteiger partial charge in [-0.1, -0.05) is 6.92 Å². The van der Waals surface area contributed by atoms with Crippen LogP contribution in [0, 0.1) is 10.4 Å². The van der Waals surface area contributed by atoms with E-state index in [9.17, 15) is 15.2 Å². The average molecular weight is 337 g/mol. The smallest absolute Gasteiger partial charge is 0.410 e. The first kappa shape index (κ1) is 18.0. The number of piperazine rings is 1. The third-order valence-electron chi connectivity index (χ3n) is 3.91. The third kappa shape index (κ3) is 4.33. The number of rotatable bonds is 2. The molecule has 1 saturated heterocycles. The molecule has 1 fully saturated rings. The Labute approximate surface area is 141 Å². The zero-order chi connectivity index (χ0) is 17.9. The van der Waals surface area contributed by atoms with Crippen LogP contribution in [0.25, 0.3) is 0 Å². The zero-order valence-corrected chi connectivity index (χ0v) is 14.6. The Hall–Kier alpha value is -2.38. The molecule has 1 amide bonds. The van der Waals surface area contributed by atoms with Crippen LogP contribution in [0.3, 0.4) is 0 Å². The van der Waals surface area contributed by atoms with Crippen molar-refractivity contribution in [2.45, 2.75) is 45.8 Å². The molecule has 0 aromatic carbocycles. The van der Waals surface area contributed by atoms with Gasteiger partial charge in [-0.25, -0.2) is 9.78 Å². The minimum atomic E-state index is -0.511. The van der Waals surface area contributed by atoms with Gasteiger partial charge in [0.05, 0.1) is 5.69 Å². The Balaban J connectivity index is 2.10. The van der Waals surface area contributed by atoms with Gasteiger partial charge in [0.25, 0.3) is 5.49 Å². The van der Waals surface area contributed by atoms with Crippen molar-refractivity contribution in [1.82, 2.24) is 14.8 Å². The minimum absolute atomic E-state index is 0.0424. The van der Waals surface area contributed by atoms with Gasteiger partial charge in [-0.3, -0.25) is 4.90 Å². The van der Waals surface area contributed by atoms with Crippen molar-refractivity contribution in [1.29, 1.82) is 0 Å². The summed E-state index contributed by atoms with van der Waals surface area (Å²) >= 11 is 0. The predicted molar refractivity (Wildman–Crippen MR) is 92.0 cm³/mol. The van der Waals surface area contributed by atoms with Gasteiger partial charge in [-0.2, -0.15) is 0 Å². The second-order valence-electron chi connectivity index (χ2n) is 6.87. The Morgan fingerprint density at radius 1 is 1.38 bits per heavy atom. The molecule has 1 aromatic heterocycles. The van der Waals surface area contributed by atoms with Gasteiger partial charge < -0.3 is 25.0 Å². The Kier molecular flexibility index (Phi) is 5.26. The fourth-order valence-corrected chi connectivity index (χ4v) is 2.74. The van der Waals surface area contributed by atoms with Crippen LogP contribution in [0.2, 0.25) is 0 Å². The van der Waals surface area contributed by atoms with Gasteiger partial charge in [0, 0.05) is 31.7 Å². The van der Waals surface area contributed by atoms with Crippen LogP contribution in [0.5, 0.6) is 0 Å². The number of pyridine rings is 1. The topological polar surface area (TPSA) is 97.7 Å². The Morgan fingerprint density at radius 3 is 2.58 bits per heavy atom. The third-order valence-corrected chi connectivity index (χ3v) is 3.91. The molecule has 0 bridgehead atoms. The number of carbonyl (C=O) groups is 1. The van der Waals surface area contributed by atoms with Crippen molar-refractivity contribution >= 4 is 11.8 Å². The lowest BCUT2D eigenvalue weighted by Crippen LogP contribution is -2.55. The summed E-state index contributed by atoms with van der Waals surface area (Å²) in [7, 11) is 0. The lowest BCUT2D eigenvalue weighted by atomic mass is 10.1. The summed E-state index contributed by atoms with van der Waals surface area (Å²) in [6, 6.07) is 3.34. The summed E-state index contributed by atoms with van der Waals surface area (Å²) < 4.78 is 5.44. The predicted octanol–water partition coefficient (Wildman–Crippen LogP) is 1.62. The number of hydrogen-bond donors (Lipinski definition) is 1. The van der Waals surface area contributed by atoms with Gasteiger partial charge in [-0.15, -0.1) is 0 Å². The summed E-state index contributed by atoms with van der Waals surface area (Å²) in [6.07, 6.45) is 2.20. The molecule has 8 heteroatoms. The van der Waals surface area contributed by atoms with Crippen LogP contribution in [-0.2, 0) is 4.74 Å². The first-order chi connectivity index (χ1) is 11.2. The van der Waals surface area contributed by atoms with Crippen LogP contribution in [0.1, 0.15) is 34.1 Å². The molecule has 1 aliphatic heterocycles. The van der Waals surface area contributed by atoms with Gasteiger partial charge in [0.1, 0.15) is 11.8 Å². The van der Waals surface area contributed by atoms with Crippen LogP contribution in [-0.4, -0.2) is 47.3 Å². The molecule has 24 heavy (non-hydrogen) atoms. The van der Waals surface area contributed by atoms with Crippen LogP contribution in [0.15, 0.2) is 18.3 Å². The highest BCUT2D eigenvalue weighted by Crippen LogP contribution is 2.22. The van der Waals surface area contributed by atoms with Crippen molar-refractivity contribution < 1.29 is 9.53 Å². The largest absolute Gasteiger partial charge is 0.712 e. The highest BCUT2D eigenvalue weighted by Gasteiger charge is 2.31. The number of ether oxygens (including phenoxy) is 1. The molecule has 134 valence electrons. The van der Waals surface area contributed by atoms with Gasteiger partial charge in [0.15, 0.2) is 0 Å². The van der Waals surface area contributed by atoms with Crippen molar-refractivity contribution in [3.63, 3.8) is 0 Å². The molecular formula is C16H25N4O4-.